The van der Waals surface area contributed by atoms with E-state index in [1.807, 2.05) is 37.4 Å². The molecule has 1 fully saturated rings. The predicted octanol–water partition coefficient (Wildman–Crippen LogP) is 2.72. The van der Waals surface area contributed by atoms with Crippen molar-refractivity contribution in [3.8, 4) is 11.8 Å². The normalized spacial score (nSPS) is 19.8. The van der Waals surface area contributed by atoms with Crippen LogP contribution in [0.3, 0.4) is 0 Å². The van der Waals surface area contributed by atoms with E-state index in [1.54, 1.807) is 19.5 Å². The van der Waals surface area contributed by atoms with Gasteiger partial charge in [0.15, 0.2) is 5.72 Å². The number of morpholine rings is 1. The molecule has 3 heterocycles. The van der Waals surface area contributed by atoms with E-state index in [4.69, 9.17) is 9.47 Å². The molecule has 0 saturated carbocycles. The Morgan fingerprint density at radius 1 is 1.32 bits per heavy atom. The molecule has 4 rings (SSSR count). The Hall–Kier alpha value is -3.41. The molecule has 1 amide bonds. The molecule has 1 unspecified atom stereocenters. The van der Waals surface area contributed by atoms with Crippen molar-refractivity contribution in [3.63, 3.8) is 0 Å². The highest BCUT2D eigenvalue weighted by molar-refractivity contribution is 5.95. The quantitative estimate of drug-likeness (QED) is 0.489. The van der Waals surface area contributed by atoms with Gasteiger partial charge in [0.2, 0.25) is 0 Å². The monoisotopic (exact) mass is 461 g/mol. The average Bonchev–Trinajstić information content (AvgIpc) is 3.40. The van der Waals surface area contributed by atoms with E-state index in [-0.39, 0.29) is 5.91 Å². The van der Waals surface area contributed by atoms with E-state index in [0.29, 0.717) is 31.7 Å². The minimum atomic E-state index is -0.528. The van der Waals surface area contributed by atoms with Gasteiger partial charge in [0, 0.05) is 62.3 Å². The molecule has 34 heavy (non-hydrogen) atoms. The second kappa shape index (κ2) is 11.1. The zero-order valence-electron chi connectivity index (χ0n) is 19.8. The maximum atomic E-state index is 12.8. The summed E-state index contributed by atoms with van der Waals surface area (Å²) in [6.07, 6.45) is 9.85. The molecule has 8 heteroatoms. The summed E-state index contributed by atoms with van der Waals surface area (Å²) >= 11 is 0. The average molecular weight is 462 g/mol. The summed E-state index contributed by atoms with van der Waals surface area (Å²) in [6.45, 7) is 5.49. The number of H-pyrrole nitrogens is 1. The van der Waals surface area contributed by atoms with Gasteiger partial charge in [-0.2, -0.15) is 5.10 Å². The van der Waals surface area contributed by atoms with Gasteiger partial charge in [-0.05, 0) is 43.5 Å². The molecule has 1 atom stereocenters. The summed E-state index contributed by atoms with van der Waals surface area (Å²) in [4.78, 5) is 19.5. The molecule has 0 aliphatic carbocycles. The molecule has 2 aliphatic rings. The molecule has 1 aromatic heterocycles. The SMILES string of the molecule is COC1(C)CC=C(C#Cc2cc(C(=O)NCCCc3cn[nH]c3)ccc2N2CCOCC2)C=N1. The number of carbonyl (C=O) groups excluding carboxylic acids is 1. The summed E-state index contributed by atoms with van der Waals surface area (Å²) in [5.41, 5.74) is 3.89. The lowest BCUT2D eigenvalue weighted by atomic mass is 10.0. The molecule has 1 saturated heterocycles. The molecule has 0 radical (unpaired) electrons. The lowest BCUT2D eigenvalue weighted by molar-refractivity contribution is 0.0162. The minimum absolute atomic E-state index is 0.0990. The third-order valence-electron chi connectivity index (χ3n) is 6.05. The number of ether oxygens (including phenoxy) is 2. The molecule has 8 nitrogen and oxygen atoms in total. The molecule has 2 N–H and O–H groups in total. The summed E-state index contributed by atoms with van der Waals surface area (Å²) in [6, 6.07) is 5.73. The maximum Gasteiger partial charge on any atom is 0.251 e. The Balaban J connectivity index is 1.48. The summed E-state index contributed by atoms with van der Waals surface area (Å²) < 4.78 is 10.9. The Bertz CT molecular complexity index is 1110. The van der Waals surface area contributed by atoms with Crippen molar-refractivity contribution >= 4 is 17.8 Å². The second-order valence-corrected chi connectivity index (χ2v) is 8.55. The largest absolute Gasteiger partial charge is 0.378 e. The van der Waals surface area contributed by atoms with E-state index in [9.17, 15) is 4.79 Å². The fourth-order valence-electron chi connectivity index (χ4n) is 3.84. The van der Waals surface area contributed by atoms with Crippen LogP contribution in [0.1, 0.15) is 41.3 Å². The van der Waals surface area contributed by atoms with Gasteiger partial charge < -0.3 is 19.7 Å². The number of aryl methyl sites for hydroxylation is 1. The van der Waals surface area contributed by atoms with Gasteiger partial charge in [-0.25, -0.2) is 0 Å². The van der Waals surface area contributed by atoms with Crippen LogP contribution in [0.5, 0.6) is 0 Å². The minimum Gasteiger partial charge on any atom is -0.378 e. The first kappa shape index (κ1) is 23.7. The van der Waals surface area contributed by atoms with Crippen LogP contribution in [0.15, 0.2) is 47.2 Å². The predicted molar refractivity (Wildman–Crippen MR) is 132 cm³/mol. The van der Waals surface area contributed by atoms with Crippen molar-refractivity contribution in [2.75, 3.05) is 44.9 Å². The second-order valence-electron chi connectivity index (χ2n) is 8.55. The first-order chi connectivity index (χ1) is 16.6. The van der Waals surface area contributed by atoms with E-state index >= 15 is 0 Å². The highest BCUT2D eigenvalue weighted by Gasteiger charge is 2.22. The maximum absolute atomic E-state index is 12.8. The van der Waals surface area contributed by atoms with Crippen LogP contribution in [0.2, 0.25) is 0 Å². The third kappa shape index (κ3) is 6.13. The molecule has 2 aliphatic heterocycles. The van der Waals surface area contributed by atoms with Crippen LogP contribution < -0.4 is 10.2 Å². The van der Waals surface area contributed by atoms with Crippen molar-refractivity contribution in [2.24, 2.45) is 4.99 Å². The van der Waals surface area contributed by atoms with Crippen LogP contribution in [-0.2, 0) is 15.9 Å². The number of nitrogens with zero attached hydrogens (tertiary/aromatic N) is 3. The van der Waals surface area contributed by atoms with Crippen LogP contribution in [0.25, 0.3) is 0 Å². The number of aromatic nitrogens is 2. The highest BCUT2D eigenvalue weighted by Crippen LogP contribution is 2.24. The number of methoxy groups -OCH3 is 1. The topological polar surface area (TPSA) is 91.8 Å². The molecule has 1 aromatic carbocycles. The lowest BCUT2D eigenvalue weighted by Crippen LogP contribution is -2.36. The number of amides is 1. The van der Waals surface area contributed by atoms with E-state index in [1.165, 1.54) is 0 Å². The van der Waals surface area contributed by atoms with E-state index in [2.05, 4.69) is 37.2 Å². The summed E-state index contributed by atoms with van der Waals surface area (Å²) in [5, 5.41) is 9.76. The number of hydrogen-bond acceptors (Lipinski definition) is 6. The number of rotatable bonds is 7. The Labute approximate surface area is 200 Å². The lowest BCUT2D eigenvalue weighted by Gasteiger charge is -2.30. The molecule has 0 spiro atoms. The highest BCUT2D eigenvalue weighted by atomic mass is 16.5. The first-order valence-corrected chi connectivity index (χ1v) is 11.6. The number of hydrogen-bond donors (Lipinski definition) is 2. The Kier molecular flexibility index (Phi) is 7.78. The summed E-state index contributed by atoms with van der Waals surface area (Å²) in [5.74, 6) is 6.41. The molecular formula is C26H31N5O3. The standard InChI is InChI=1S/C26H31N5O3/c1-26(33-2)10-9-20(17-28-26)5-6-22-16-23(7-8-24(22)31-12-14-34-15-13-31)25(32)27-11-3-4-21-18-29-30-19-21/h7-9,16-19H,3-4,10-15H2,1-2H3,(H,27,32)(H,29,30). The van der Waals surface area contributed by atoms with Crippen molar-refractivity contribution in [1.29, 1.82) is 0 Å². The Morgan fingerprint density at radius 3 is 2.88 bits per heavy atom. The van der Waals surface area contributed by atoms with Gasteiger partial charge in [-0.1, -0.05) is 17.9 Å². The molecule has 0 bridgehead atoms. The van der Waals surface area contributed by atoms with Crippen LogP contribution >= 0.6 is 0 Å². The van der Waals surface area contributed by atoms with Gasteiger partial charge in [0.25, 0.3) is 5.91 Å². The van der Waals surface area contributed by atoms with Crippen molar-refractivity contribution < 1.29 is 14.3 Å². The number of aromatic amines is 1. The number of anilines is 1. The number of nitrogens with one attached hydrogen (secondary N) is 2. The number of carbonyl (C=O) groups is 1. The smallest absolute Gasteiger partial charge is 0.251 e. The number of allylic oxidation sites excluding steroid dienone is 1. The van der Waals surface area contributed by atoms with Crippen LogP contribution in [0, 0.1) is 11.8 Å². The van der Waals surface area contributed by atoms with Gasteiger partial charge in [0.05, 0.1) is 25.1 Å². The van der Waals surface area contributed by atoms with Crippen molar-refractivity contribution in [3.05, 3.63) is 58.9 Å². The van der Waals surface area contributed by atoms with Crippen molar-refractivity contribution in [2.45, 2.75) is 31.9 Å². The van der Waals surface area contributed by atoms with Gasteiger partial charge >= 0.3 is 0 Å². The zero-order valence-corrected chi connectivity index (χ0v) is 19.8. The summed E-state index contributed by atoms with van der Waals surface area (Å²) in [7, 11) is 1.66. The molecule has 2 aromatic rings. The van der Waals surface area contributed by atoms with E-state index in [0.717, 1.165) is 48.3 Å². The fourth-order valence-corrected chi connectivity index (χ4v) is 3.84. The number of benzene rings is 1. The Morgan fingerprint density at radius 2 is 2.18 bits per heavy atom. The first-order valence-electron chi connectivity index (χ1n) is 11.6. The van der Waals surface area contributed by atoms with Gasteiger partial charge in [-0.15, -0.1) is 0 Å². The van der Waals surface area contributed by atoms with E-state index < -0.39 is 5.72 Å². The van der Waals surface area contributed by atoms with Crippen LogP contribution in [-0.4, -0.2) is 68.0 Å². The molecular weight excluding hydrogens is 430 g/mol. The van der Waals surface area contributed by atoms with Gasteiger partial charge in [-0.3, -0.25) is 14.9 Å². The fraction of sp³-hybridized carbons (Fsp3) is 0.423. The zero-order chi connectivity index (χ0) is 23.8. The number of aliphatic imine (C=N–C) groups is 1. The van der Waals surface area contributed by atoms with Crippen molar-refractivity contribution in [1.82, 2.24) is 15.5 Å². The number of dihydropyridines is 1. The van der Waals surface area contributed by atoms with Gasteiger partial charge in [0.1, 0.15) is 0 Å². The molecule has 178 valence electrons. The third-order valence-corrected chi connectivity index (χ3v) is 6.05. The van der Waals surface area contributed by atoms with Crippen LogP contribution in [0.4, 0.5) is 5.69 Å².